The van der Waals surface area contributed by atoms with Crippen molar-refractivity contribution in [3.05, 3.63) is 278 Å². The van der Waals surface area contributed by atoms with Gasteiger partial charge in [-0.1, -0.05) is 279 Å². The molecule has 4 heteroatoms. The quantitative estimate of drug-likeness (QED) is 0.0808. The van der Waals surface area contributed by atoms with Crippen molar-refractivity contribution in [2.75, 3.05) is 0 Å². The molecule has 0 unspecified atom stereocenters. The van der Waals surface area contributed by atoms with Gasteiger partial charge in [0.1, 0.15) is 0 Å². The van der Waals surface area contributed by atoms with Gasteiger partial charge in [0.2, 0.25) is 0 Å². The number of rotatable bonds is 8. The molecule has 16 aromatic carbocycles. The summed E-state index contributed by atoms with van der Waals surface area (Å²) < 4.78 is 0. The van der Waals surface area contributed by atoms with Crippen LogP contribution in [0.2, 0.25) is 13.1 Å². The van der Waals surface area contributed by atoms with E-state index in [0.717, 1.165) is 11.8 Å². The number of halogens is 2. The smallest absolute Gasteiger partial charge is 0.0107 e. The Morgan fingerprint density at radius 2 is 0.511 bits per heavy atom. The van der Waals surface area contributed by atoms with Crippen molar-refractivity contribution in [3.8, 4) is 44.5 Å². The second kappa shape index (κ2) is 25.4. The monoisotopic (exact) mass is 1290 g/mol. The normalized spacial score (nSPS) is 13.3. The summed E-state index contributed by atoms with van der Waals surface area (Å²) in [7, 11) is 0. The molecule has 2 aliphatic carbocycles. The van der Waals surface area contributed by atoms with Gasteiger partial charge in [0.15, 0.2) is 0 Å². The zero-order valence-electron chi connectivity index (χ0n) is 51.0. The van der Waals surface area contributed by atoms with Crippen LogP contribution in [0.4, 0.5) is 0 Å². The number of benzene rings is 14. The van der Waals surface area contributed by atoms with Crippen LogP contribution in [0.1, 0.15) is 49.7 Å². The molecule has 0 nitrogen and oxygen atoms in total. The molecule has 90 heavy (non-hydrogen) atoms. The van der Waals surface area contributed by atoms with Gasteiger partial charge < -0.3 is 24.8 Å². The zero-order valence-corrected chi connectivity index (χ0v) is 55.9. The third kappa shape index (κ3) is 10.9. The maximum atomic E-state index is 2.52. The van der Waals surface area contributed by atoms with Crippen LogP contribution >= 0.6 is 0 Å². The predicted molar refractivity (Wildman–Crippen MR) is 380 cm³/mol. The van der Waals surface area contributed by atoms with E-state index < -0.39 is 0 Å². The van der Waals surface area contributed by atoms with Crippen molar-refractivity contribution < 1.29 is 48.1 Å². The van der Waals surface area contributed by atoms with Crippen LogP contribution in [-0.2, 0) is 36.2 Å². The Labute approximate surface area is 555 Å². The predicted octanol–water partition coefficient (Wildman–Crippen LogP) is 18.5. The average Bonchev–Trinajstić information content (AvgIpc) is 1.34. The fourth-order valence-corrected chi connectivity index (χ4v) is 15.1. The van der Waals surface area contributed by atoms with Crippen LogP contribution in [0.15, 0.2) is 267 Å². The number of hydrogen-bond acceptors (Lipinski definition) is 0. The molecule has 0 radical (unpaired) electrons. The topological polar surface area (TPSA) is 0 Å². The van der Waals surface area contributed by atoms with Crippen LogP contribution in [0.25, 0.3) is 152 Å². The Kier molecular flexibility index (Phi) is 16.8. The molecule has 0 aliphatic heterocycles. The molecule has 18 rings (SSSR count). The van der Waals surface area contributed by atoms with Gasteiger partial charge in [-0.2, -0.15) is 12.1 Å². The third-order valence-corrected chi connectivity index (χ3v) is 19.6. The fourth-order valence-electron chi connectivity index (χ4n) is 15.1. The van der Waals surface area contributed by atoms with Gasteiger partial charge in [0, 0.05) is 0 Å². The van der Waals surface area contributed by atoms with Gasteiger partial charge in [-0.3, -0.25) is 0 Å². The molecule has 2 fully saturated rings. The molecule has 0 aromatic heterocycles. The van der Waals surface area contributed by atoms with E-state index in [2.05, 4.69) is 280 Å². The van der Waals surface area contributed by atoms with E-state index in [0.29, 0.717) is 0 Å². The molecule has 0 amide bonds. The van der Waals surface area contributed by atoms with Crippen LogP contribution in [0.3, 0.4) is 0 Å². The molecule has 0 atom stereocenters. The average molecular weight is 1290 g/mol. The zero-order chi connectivity index (χ0) is 58.8. The van der Waals surface area contributed by atoms with E-state index in [1.165, 1.54) is 215 Å². The van der Waals surface area contributed by atoms with E-state index in [1.54, 1.807) is 23.3 Å². The van der Waals surface area contributed by atoms with Crippen molar-refractivity contribution in [1.82, 2.24) is 0 Å². The maximum Gasteiger partial charge on any atom is -0.0107 e. The molecule has 0 spiro atoms. The second-order valence-electron chi connectivity index (χ2n) is 25.5. The van der Waals surface area contributed by atoms with Gasteiger partial charge in [0.05, 0.1) is 0 Å². The van der Waals surface area contributed by atoms with E-state index in [4.69, 9.17) is 0 Å². The molecule has 0 heterocycles. The summed E-state index contributed by atoms with van der Waals surface area (Å²) >= 11 is 1.74. The molecule has 2 aliphatic rings. The van der Waals surface area contributed by atoms with Gasteiger partial charge in [0.25, 0.3) is 0 Å². The van der Waals surface area contributed by atoms with Crippen LogP contribution < -0.4 is 24.8 Å². The summed E-state index contributed by atoms with van der Waals surface area (Å²) in [6.45, 7) is 4.62. The Morgan fingerprint density at radius 3 is 0.733 bits per heavy atom. The van der Waals surface area contributed by atoms with Crippen molar-refractivity contribution in [3.63, 3.8) is 0 Å². The summed E-state index contributed by atoms with van der Waals surface area (Å²) in [5.74, 6) is 1.65. The SMILES string of the molecule is C[Si](C)=[Zr+2].[Cl-].[Cl-].c1ccc2c(-c3ccc(-c4c5ccccc5cc5ccccc45)c4[cH-]c(CC5CCC5)cc34)c3ccccc3cc2c1.c1ccc2c(-c3ccc(-c4c5ccccc5cc5ccccc45)c4[cH-]c(CC5CCC5)cc34)c3ccccc3cc2c1. The summed E-state index contributed by atoms with van der Waals surface area (Å²) in [6, 6.07) is 100. The molecular weight excluding hydrogens is 1220 g/mol. The standard InChI is InChI=1S/2C42H31.C2H6Si.2ClH.Zr/c2*1-5-16-33-29(12-1)25-30-13-2-6-17-34(30)41(33)37-20-21-38(40-24-28(23-39(37)40)22-27-10-9-11-27)42-35-18-7-3-14-31(35)26-32-15-4-8-19-36(32)42;1-3-2;;;/h2*1-8,12-21,23-27H,9-11,22H2;1-2H3;2*1H;/q2*-1;;;;+2/p-2. The van der Waals surface area contributed by atoms with Crippen molar-refractivity contribution in [1.29, 1.82) is 0 Å². The van der Waals surface area contributed by atoms with Crippen LogP contribution in [-0.4, -0.2) is 5.43 Å². The Balaban J connectivity index is 0.000000145. The first-order chi connectivity index (χ1) is 43.4. The van der Waals surface area contributed by atoms with Gasteiger partial charge in [-0.15, -0.1) is 44.8 Å². The summed E-state index contributed by atoms with van der Waals surface area (Å²) in [4.78, 5) is 0. The number of fused-ring (bicyclic) bond motifs is 10. The third-order valence-electron chi connectivity index (χ3n) is 19.6. The minimum Gasteiger partial charge on any atom is -1.00 e. The Hall–Kier alpha value is -7.94. The molecule has 0 N–H and O–H groups in total. The first-order valence-electron chi connectivity index (χ1n) is 32.0. The minimum absolute atomic E-state index is 0. The van der Waals surface area contributed by atoms with Gasteiger partial charge in [-0.05, 0) is 157 Å². The molecule has 0 saturated heterocycles. The molecule has 2 saturated carbocycles. The van der Waals surface area contributed by atoms with Gasteiger partial charge in [-0.25, -0.2) is 0 Å². The van der Waals surface area contributed by atoms with Crippen LogP contribution in [0, 0.1) is 11.8 Å². The second-order valence-corrected chi connectivity index (χ2v) is 34.9. The minimum atomic E-state index is 0. The Morgan fingerprint density at radius 1 is 0.300 bits per heavy atom. The van der Waals surface area contributed by atoms with Crippen LogP contribution in [0.5, 0.6) is 0 Å². The summed E-state index contributed by atoms with van der Waals surface area (Å²) in [5.41, 5.74) is 13.9. The Bertz CT molecular complexity index is 4560. The first kappa shape index (κ1) is 59.7. The molecule has 436 valence electrons. The summed E-state index contributed by atoms with van der Waals surface area (Å²) in [5, 5.41) is 26.4. The van der Waals surface area contributed by atoms with Crippen molar-refractivity contribution in [2.24, 2.45) is 11.8 Å². The fraction of sp³-hybridized carbons (Fsp3) is 0.140. The van der Waals surface area contributed by atoms with Gasteiger partial charge >= 0.3 is 41.9 Å². The van der Waals surface area contributed by atoms with E-state index in [1.807, 2.05) is 0 Å². The van der Waals surface area contributed by atoms with E-state index in [9.17, 15) is 0 Å². The number of hydrogen-bond donors (Lipinski definition) is 0. The van der Waals surface area contributed by atoms with E-state index >= 15 is 0 Å². The maximum absolute atomic E-state index is 2.52. The summed E-state index contributed by atoms with van der Waals surface area (Å²) in [6.07, 6.45) is 10.6. The molecule has 16 aromatic rings. The largest absolute Gasteiger partial charge is 1.00 e. The first-order valence-corrected chi connectivity index (χ1v) is 38.2. The molecule has 0 bridgehead atoms. The van der Waals surface area contributed by atoms with Crippen molar-refractivity contribution >= 4 is 113 Å². The molecular formula is C86H68Cl2SiZr-2. The van der Waals surface area contributed by atoms with E-state index in [-0.39, 0.29) is 30.2 Å². The van der Waals surface area contributed by atoms with Crippen molar-refractivity contribution in [2.45, 2.75) is 64.5 Å².